The molecule has 0 radical (unpaired) electrons. The number of hydrogen-bond donors (Lipinski definition) is 2. The van der Waals surface area contributed by atoms with Gasteiger partial charge in [0.1, 0.15) is 5.66 Å². The molecule has 0 unspecified atom stereocenters. The summed E-state index contributed by atoms with van der Waals surface area (Å²) in [6.45, 7) is 5.61. The van der Waals surface area contributed by atoms with Crippen LogP contribution < -0.4 is 10.6 Å². The monoisotopic (exact) mass is 256 g/mol. The maximum absolute atomic E-state index is 11.3. The lowest BCUT2D eigenvalue weighted by Crippen LogP contribution is -2.39. The molecule has 5 heteroatoms. The molecule has 2 heterocycles. The minimum atomic E-state index is -0.333. The zero-order valence-corrected chi connectivity index (χ0v) is 11.2. The molecule has 98 valence electrons. The van der Waals surface area contributed by atoms with Gasteiger partial charge in [-0.15, -0.1) is 0 Å². The van der Waals surface area contributed by atoms with Gasteiger partial charge in [-0.1, -0.05) is 18.2 Å². The smallest absolute Gasteiger partial charge is 0.221 e. The number of carbonyl (C=O) groups is 1. The molecule has 1 aliphatic rings. The molecule has 0 atom stereocenters. The highest BCUT2D eigenvalue weighted by atomic mass is 16.1. The molecule has 1 aliphatic heterocycles. The van der Waals surface area contributed by atoms with Gasteiger partial charge in [-0.2, -0.15) is 5.10 Å². The molecule has 0 spiro atoms. The Morgan fingerprint density at radius 3 is 2.84 bits per heavy atom. The Balaban J connectivity index is 2.24. The molecule has 2 N–H and O–H groups in total. The average molecular weight is 256 g/mol. The van der Waals surface area contributed by atoms with E-state index >= 15 is 0 Å². The number of anilines is 2. The van der Waals surface area contributed by atoms with E-state index in [-0.39, 0.29) is 11.6 Å². The maximum atomic E-state index is 11.3. The number of para-hydroxylation sites is 1. The summed E-state index contributed by atoms with van der Waals surface area (Å²) in [4.78, 5) is 11.3. The van der Waals surface area contributed by atoms with Crippen LogP contribution in [-0.4, -0.2) is 15.7 Å². The van der Waals surface area contributed by atoms with Gasteiger partial charge in [0.2, 0.25) is 5.91 Å². The number of benzene rings is 1. The Bertz CT molecular complexity index is 657. The predicted molar refractivity (Wildman–Crippen MR) is 74.9 cm³/mol. The van der Waals surface area contributed by atoms with E-state index in [2.05, 4.69) is 29.6 Å². The molecule has 1 aromatic heterocycles. The van der Waals surface area contributed by atoms with Crippen LogP contribution in [0.15, 0.2) is 30.5 Å². The third-order valence-corrected chi connectivity index (χ3v) is 3.23. The van der Waals surface area contributed by atoms with Crippen molar-refractivity contribution in [2.75, 3.05) is 10.6 Å². The molecule has 0 bridgehead atoms. The molecule has 5 nitrogen and oxygen atoms in total. The highest BCUT2D eigenvalue weighted by Crippen LogP contribution is 2.41. The fourth-order valence-electron chi connectivity index (χ4n) is 2.49. The minimum absolute atomic E-state index is 0.0929. The third kappa shape index (κ3) is 1.78. The Labute approximate surface area is 111 Å². The van der Waals surface area contributed by atoms with Gasteiger partial charge in [-0.05, 0) is 19.9 Å². The van der Waals surface area contributed by atoms with Gasteiger partial charge in [0, 0.05) is 18.2 Å². The summed E-state index contributed by atoms with van der Waals surface area (Å²) in [5, 5.41) is 10.7. The van der Waals surface area contributed by atoms with E-state index in [1.807, 2.05) is 28.9 Å². The van der Waals surface area contributed by atoms with Crippen LogP contribution in [-0.2, 0) is 10.5 Å². The third-order valence-electron chi connectivity index (χ3n) is 3.23. The molecule has 0 aliphatic carbocycles. The Morgan fingerprint density at radius 1 is 1.37 bits per heavy atom. The molecule has 3 rings (SSSR count). The van der Waals surface area contributed by atoms with E-state index in [4.69, 9.17) is 0 Å². The van der Waals surface area contributed by atoms with Crippen LogP contribution in [0.25, 0.3) is 11.3 Å². The molecule has 0 fully saturated rings. The second-order valence-electron chi connectivity index (χ2n) is 5.23. The van der Waals surface area contributed by atoms with Gasteiger partial charge in [0.05, 0.1) is 17.6 Å². The Morgan fingerprint density at radius 2 is 2.11 bits per heavy atom. The topological polar surface area (TPSA) is 59.0 Å². The van der Waals surface area contributed by atoms with Gasteiger partial charge in [0.15, 0.2) is 0 Å². The average Bonchev–Trinajstić information content (AvgIpc) is 2.73. The number of carbonyl (C=O) groups excluding carboxylic acids is 1. The van der Waals surface area contributed by atoms with Crippen LogP contribution in [0.5, 0.6) is 0 Å². The van der Waals surface area contributed by atoms with Crippen molar-refractivity contribution in [3.05, 3.63) is 30.5 Å². The number of aromatic nitrogens is 2. The van der Waals surface area contributed by atoms with Gasteiger partial charge in [0.25, 0.3) is 0 Å². The largest absolute Gasteiger partial charge is 0.361 e. The molecule has 19 heavy (non-hydrogen) atoms. The van der Waals surface area contributed by atoms with Crippen LogP contribution in [0.3, 0.4) is 0 Å². The standard InChI is InChI=1S/C14H16N4O/c1-9(19)16-12-8-15-18-13(12)10-6-4-5-7-11(10)17-14(18,2)3/h4-8,17H,1-3H3,(H,16,19). The summed E-state index contributed by atoms with van der Waals surface area (Å²) in [7, 11) is 0. The van der Waals surface area contributed by atoms with Gasteiger partial charge >= 0.3 is 0 Å². The first-order chi connectivity index (χ1) is 8.99. The zero-order valence-electron chi connectivity index (χ0n) is 11.2. The highest BCUT2D eigenvalue weighted by molar-refractivity contribution is 5.95. The second kappa shape index (κ2) is 3.85. The highest BCUT2D eigenvalue weighted by Gasteiger charge is 2.32. The predicted octanol–water partition coefficient (Wildman–Crippen LogP) is 2.63. The van der Waals surface area contributed by atoms with Crippen LogP contribution >= 0.6 is 0 Å². The molecular weight excluding hydrogens is 240 g/mol. The fraction of sp³-hybridized carbons (Fsp3) is 0.286. The zero-order chi connectivity index (χ0) is 13.6. The number of nitrogens with zero attached hydrogens (tertiary/aromatic N) is 2. The quantitative estimate of drug-likeness (QED) is 0.824. The lowest BCUT2D eigenvalue weighted by molar-refractivity contribution is -0.114. The van der Waals surface area contributed by atoms with Crippen molar-refractivity contribution in [3.63, 3.8) is 0 Å². The first-order valence-electron chi connectivity index (χ1n) is 6.23. The van der Waals surface area contributed by atoms with Crippen molar-refractivity contribution in [1.29, 1.82) is 0 Å². The lowest BCUT2D eigenvalue weighted by atomic mass is 10.0. The number of amides is 1. The summed E-state index contributed by atoms with van der Waals surface area (Å²) in [5.74, 6) is -0.0929. The molecule has 2 aromatic rings. The first-order valence-corrected chi connectivity index (χ1v) is 6.23. The Kier molecular flexibility index (Phi) is 2.38. The Hall–Kier alpha value is -2.30. The van der Waals surface area contributed by atoms with Crippen molar-refractivity contribution in [2.24, 2.45) is 0 Å². The second-order valence-corrected chi connectivity index (χ2v) is 5.23. The molecule has 0 saturated carbocycles. The van der Waals surface area contributed by atoms with Crippen LogP contribution in [0.1, 0.15) is 20.8 Å². The van der Waals surface area contributed by atoms with E-state index in [0.717, 1.165) is 22.6 Å². The summed E-state index contributed by atoms with van der Waals surface area (Å²) in [6.07, 6.45) is 1.70. The van der Waals surface area contributed by atoms with E-state index < -0.39 is 0 Å². The summed E-state index contributed by atoms with van der Waals surface area (Å²) in [5.41, 5.74) is 3.44. The SMILES string of the molecule is CC(=O)Nc1cnn2c1-c1ccccc1NC2(C)C. The van der Waals surface area contributed by atoms with Crippen molar-refractivity contribution < 1.29 is 4.79 Å². The molecule has 1 aromatic carbocycles. The summed E-state index contributed by atoms with van der Waals surface area (Å²) < 4.78 is 1.90. The first kappa shape index (κ1) is 11.8. The van der Waals surface area contributed by atoms with Crippen LogP contribution in [0, 0.1) is 0 Å². The summed E-state index contributed by atoms with van der Waals surface area (Å²) in [6, 6.07) is 8.03. The van der Waals surface area contributed by atoms with Crippen LogP contribution in [0.2, 0.25) is 0 Å². The van der Waals surface area contributed by atoms with Crippen molar-refractivity contribution in [1.82, 2.24) is 9.78 Å². The van der Waals surface area contributed by atoms with E-state index in [0.29, 0.717) is 0 Å². The summed E-state index contributed by atoms with van der Waals surface area (Å²) >= 11 is 0. The van der Waals surface area contributed by atoms with Crippen molar-refractivity contribution >= 4 is 17.3 Å². The van der Waals surface area contributed by atoms with Crippen LogP contribution in [0.4, 0.5) is 11.4 Å². The fourth-order valence-corrected chi connectivity index (χ4v) is 2.49. The molecular formula is C14H16N4O. The lowest BCUT2D eigenvalue weighted by Gasteiger charge is -2.35. The maximum Gasteiger partial charge on any atom is 0.221 e. The van der Waals surface area contributed by atoms with Gasteiger partial charge in [-0.3, -0.25) is 4.79 Å². The number of fused-ring (bicyclic) bond motifs is 3. The van der Waals surface area contributed by atoms with Crippen molar-refractivity contribution in [2.45, 2.75) is 26.4 Å². The van der Waals surface area contributed by atoms with E-state index in [1.54, 1.807) is 6.20 Å². The number of hydrogen-bond acceptors (Lipinski definition) is 3. The minimum Gasteiger partial charge on any atom is -0.361 e. The van der Waals surface area contributed by atoms with E-state index in [1.165, 1.54) is 6.92 Å². The van der Waals surface area contributed by atoms with Gasteiger partial charge in [-0.25, -0.2) is 4.68 Å². The van der Waals surface area contributed by atoms with Gasteiger partial charge < -0.3 is 10.6 Å². The normalized spacial score (nSPS) is 15.1. The van der Waals surface area contributed by atoms with Crippen molar-refractivity contribution in [3.8, 4) is 11.3 Å². The molecule has 1 amide bonds. The number of nitrogens with one attached hydrogen (secondary N) is 2. The van der Waals surface area contributed by atoms with E-state index in [9.17, 15) is 4.79 Å². The molecule has 0 saturated heterocycles. The number of rotatable bonds is 1.